The van der Waals surface area contributed by atoms with E-state index in [1.807, 2.05) is 30.3 Å². The maximum atomic E-state index is 11.9. The average molecular weight is 312 g/mol. The van der Waals surface area contributed by atoms with Crippen LogP contribution < -0.4 is 10.0 Å². The Morgan fingerprint density at radius 2 is 1.62 bits per heavy atom. The van der Waals surface area contributed by atoms with E-state index in [2.05, 4.69) is 17.0 Å². The normalized spacial score (nSPS) is 11.7. The zero-order valence-corrected chi connectivity index (χ0v) is 13.8. The zero-order valence-electron chi connectivity index (χ0n) is 13.0. The standard InChI is InChI=1S/C16H28N2O2S/c1-2-3-4-5-9-12-17-13-14-18-21(19,20)15-16-10-7-6-8-11-16/h6-8,10-11,17-18H,2-5,9,12-15H2,1H3. The van der Waals surface area contributed by atoms with Crippen LogP contribution in [0.2, 0.25) is 0 Å². The quantitative estimate of drug-likeness (QED) is 0.583. The van der Waals surface area contributed by atoms with Gasteiger partial charge in [-0.05, 0) is 18.5 Å². The van der Waals surface area contributed by atoms with Gasteiger partial charge in [0.25, 0.3) is 0 Å². The third-order valence-electron chi connectivity index (χ3n) is 3.28. The lowest BCUT2D eigenvalue weighted by Crippen LogP contribution is -2.33. The predicted molar refractivity (Wildman–Crippen MR) is 88.7 cm³/mol. The number of unbranched alkanes of at least 4 members (excludes halogenated alkanes) is 4. The van der Waals surface area contributed by atoms with Crippen molar-refractivity contribution in [3.63, 3.8) is 0 Å². The van der Waals surface area contributed by atoms with Crippen LogP contribution in [0.25, 0.3) is 0 Å². The summed E-state index contributed by atoms with van der Waals surface area (Å²) in [5.41, 5.74) is 0.814. The van der Waals surface area contributed by atoms with Crippen LogP contribution in [0, 0.1) is 0 Å². The molecule has 0 saturated carbocycles. The van der Waals surface area contributed by atoms with E-state index in [0.29, 0.717) is 13.1 Å². The molecule has 5 heteroatoms. The molecule has 2 N–H and O–H groups in total. The van der Waals surface area contributed by atoms with Crippen molar-refractivity contribution in [3.05, 3.63) is 35.9 Å². The van der Waals surface area contributed by atoms with Gasteiger partial charge >= 0.3 is 0 Å². The smallest absolute Gasteiger partial charge is 0.215 e. The first-order valence-electron chi connectivity index (χ1n) is 7.86. The Bertz CT molecular complexity index is 460. The molecule has 0 unspecified atom stereocenters. The van der Waals surface area contributed by atoms with Crippen molar-refractivity contribution < 1.29 is 8.42 Å². The summed E-state index contributed by atoms with van der Waals surface area (Å²) in [4.78, 5) is 0. The van der Waals surface area contributed by atoms with Gasteiger partial charge in [0.05, 0.1) is 5.75 Å². The van der Waals surface area contributed by atoms with Gasteiger partial charge in [0.15, 0.2) is 0 Å². The molecule has 0 bridgehead atoms. The summed E-state index contributed by atoms with van der Waals surface area (Å²) in [6, 6.07) is 9.24. The van der Waals surface area contributed by atoms with E-state index in [1.54, 1.807) is 0 Å². The lowest BCUT2D eigenvalue weighted by Gasteiger charge is -2.08. The molecular weight excluding hydrogens is 284 g/mol. The highest BCUT2D eigenvalue weighted by molar-refractivity contribution is 7.88. The van der Waals surface area contributed by atoms with Gasteiger partial charge in [-0.15, -0.1) is 0 Å². The Labute approximate surface area is 129 Å². The van der Waals surface area contributed by atoms with Gasteiger partial charge < -0.3 is 5.32 Å². The molecule has 120 valence electrons. The number of nitrogens with one attached hydrogen (secondary N) is 2. The second-order valence-corrected chi connectivity index (χ2v) is 7.11. The third kappa shape index (κ3) is 9.61. The minimum absolute atomic E-state index is 0.0465. The van der Waals surface area contributed by atoms with Crippen LogP contribution in [0.5, 0.6) is 0 Å². The second-order valence-electron chi connectivity index (χ2n) is 5.30. The molecule has 0 heterocycles. The van der Waals surface area contributed by atoms with Crippen LogP contribution in [0.4, 0.5) is 0 Å². The summed E-state index contributed by atoms with van der Waals surface area (Å²) in [7, 11) is -3.23. The highest BCUT2D eigenvalue weighted by Crippen LogP contribution is 2.03. The molecule has 0 aliphatic rings. The van der Waals surface area contributed by atoms with Crippen LogP contribution in [0.1, 0.15) is 44.6 Å². The highest BCUT2D eigenvalue weighted by atomic mass is 32.2. The fourth-order valence-corrected chi connectivity index (χ4v) is 3.26. The van der Waals surface area contributed by atoms with Crippen LogP contribution in [0.15, 0.2) is 30.3 Å². The fraction of sp³-hybridized carbons (Fsp3) is 0.625. The Morgan fingerprint density at radius 1 is 0.905 bits per heavy atom. The van der Waals surface area contributed by atoms with E-state index < -0.39 is 10.0 Å². The molecule has 0 amide bonds. The maximum absolute atomic E-state index is 11.9. The second kappa shape index (κ2) is 10.8. The molecule has 0 atom stereocenters. The number of hydrogen-bond acceptors (Lipinski definition) is 3. The van der Waals surface area contributed by atoms with Gasteiger partial charge in [-0.25, -0.2) is 13.1 Å². The SMILES string of the molecule is CCCCCCCNCCNS(=O)(=O)Cc1ccccc1. The van der Waals surface area contributed by atoms with E-state index in [1.165, 1.54) is 25.7 Å². The summed E-state index contributed by atoms with van der Waals surface area (Å²) in [5, 5.41) is 3.27. The van der Waals surface area contributed by atoms with E-state index in [9.17, 15) is 8.42 Å². The Kier molecular flexibility index (Phi) is 9.30. The van der Waals surface area contributed by atoms with E-state index in [-0.39, 0.29) is 5.75 Å². The molecule has 4 nitrogen and oxygen atoms in total. The number of rotatable bonds is 12. The summed E-state index contributed by atoms with van der Waals surface area (Å²) < 4.78 is 26.4. The van der Waals surface area contributed by atoms with Crippen molar-refractivity contribution in [2.45, 2.75) is 44.8 Å². The first kappa shape index (κ1) is 18.1. The van der Waals surface area contributed by atoms with Crippen LogP contribution >= 0.6 is 0 Å². The lowest BCUT2D eigenvalue weighted by atomic mass is 10.1. The molecule has 0 aliphatic carbocycles. The van der Waals surface area contributed by atoms with Crippen molar-refractivity contribution in [1.82, 2.24) is 10.0 Å². The Balaban J connectivity index is 2.06. The van der Waals surface area contributed by atoms with Gasteiger partial charge in [0.2, 0.25) is 10.0 Å². The third-order valence-corrected chi connectivity index (χ3v) is 4.64. The van der Waals surface area contributed by atoms with Crippen molar-refractivity contribution in [2.24, 2.45) is 0 Å². The molecule has 21 heavy (non-hydrogen) atoms. The van der Waals surface area contributed by atoms with E-state index >= 15 is 0 Å². The number of sulfonamides is 1. The van der Waals surface area contributed by atoms with E-state index in [0.717, 1.165) is 18.5 Å². The molecule has 0 radical (unpaired) electrons. The van der Waals surface area contributed by atoms with Gasteiger partial charge in [-0.1, -0.05) is 62.9 Å². The number of hydrogen-bond donors (Lipinski definition) is 2. The monoisotopic (exact) mass is 312 g/mol. The Morgan fingerprint density at radius 3 is 2.33 bits per heavy atom. The molecule has 1 aromatic carbocycles. The van der Waals surface area contributed by atoms with Crippen LogP contribution in [-0.2, 0) is 15.8 Å². The average Bonchev–Trinajstić information content (AvgIpc) is 2.46. The molecule has 0 fully saturated rings. The molecule has 1 rings (SSSR count). The maximum Gasteiger partial charge on any atom is 0.215 e. The van der Waals surface area contributed by atoms with Crippen molar-refractivity contribution in [2.75, 3.05) is 19.6 Å². The molecule has 0 aromatic heterocycles. The van der Waals surface area contributed by atoms with Crippen LogP contribution in [0.3, 0.4) is 0 Å². The van der Waals surface area contributed by atoms with Crippen LogP contribution in [-0.4, -0.2) is 28.1 Å². The minimum atomic E-state index is -3.23. The van der Waals surface area contributed by atoms with E-state index in [4.69, 9.17) is 0 Å². The largest absolute Gasteiger partial charge is 0.315 e. The van der Waals surface area contributed by atoms with Gasteiger partial charge in [0, 0.05) is 13.1 Å². The van der Waals surface area contributed by atoms with Gasteiger partial charge in [-0.3, -0.25) is 0 Å². The topological polar surface area (TPSA) is 58.2 Å². The molecule has 0 aliphatic heterocycles. The molecular formula is C16H28N2O2S. The fourth-order valence-electron chi connectivity index (χ4n) is 2.12. The van der Waals surface area contributed by atoms with Gasteiger partial charge in [0.1, 0.15) is 0 Å². The summed E-state index contributed by atoms with van der Waals surface area (Å²) in [6.45, 7) is 4.30. The number of benzene rings is 1. The molecule has 0 spiro atoms. The predicted octanol–water partition coefficient (Wildman–Crippen LogP) is 2.67. The lowest BCUT2D eigenvalue weighted by molar-refractivity contribution is 0.564. The summed E-state index contributed by atoms with van der Waals surface area (Å²) >= 11 is 0. The first-order valence-corrected chi connectivity index (χ1v) is 9.51. The summed E-state index contributed by atoms with van der Waals surface area (Å²) in [5.74, 6) is 0.0465. The summed E-state index contributed by atoms with van der Waals surface area (Å²) in [6.07, 6.45) is 6.27. The van der Waals surface area contributed by atoms with Crippen molar-refractivity contribution >= 4 is 10.0 Å². The van der Waals surface area contributed by atoms with Crippen molar-refractivity contribution in [1.29, 1.82) is 0 Å². The highest BCUT2D eigenvalue weighted by Gasteiger charge is 2.09. The Hall–Kier alpha value is -0.910. The molecule has 1 aromatic rings. The zero-order chi connectivity index (χ0) is 15.4. The van der Waals surface area contributed by atoms with Crippen molar-refractivity contribution in [3.8, 4) is 0 Å². The van der Waals surface area contributed by atoms with Gasteiger partial charge in [-0.2, -0.15) is 0 Å². The first-order chi connectivity index (χ1) is 10.1. The minimum Gasteiger partial charge on any atom is -0.315 e. The molecule has 0 saturated heterocycles.